The average Bonchev–Trinajstić information content (AvgIpc) is 3.14. The molecule has 0 saturated heterocycles. The SMILES string of the molecule is CC(C)(C)[Si](C)(C)O[C@H]1C=CO[C@@H]1CO[Si](c1ccccc1)(c1ccccc1)C(C)(C)C. The van der Waals surface area contributed by atoms with E-state index in [0.717, 1.165) is 0 Å². The molecule has 5 heteroatoms. The van der Waals surface area contributed by atoms with Crippen molar-refractivity contribution in [2.75, 3.05) is 6.61 Å². The van der Waals surface area contributed by atoms with E-state index in [1.807, 2.05) is 0 Å². The third-order valence-corrected chi connectivity index (χ3v) is 16.5. The second-order valence-electron chi connectivity index (χ2n) is 11.3. The predicted molar refractivity (Wildman–Crippen MR) is 140 cm³/mol. The van der Waals surface area contributed by atoms with Gasteiger partial charge < -0.3 is 13.6 Å². The van der Waals surface area contributed by atoms with Crippen LogP contribution in [0.1, 0.15) is 41.5 Å². The summed E-state index contributed by atoms with van der Waals surface area (Å²) < 4.78 is 19.8. The van der Waals surface area contributed by atoms with E-state index >= 15 is 0 Å². The first-order valence-electron chi connectivity index (χ1n) is 11.6. The first-order valence-corrected chi connectivity index (χ1v) is 16.5. The van der Waals surface area contributed by atoms with E-state index in [1.54, 1.807) is 6.26 Å². The number of ether oxygens (including phenoxy) is 1. The Labute approximate surface area is 197 Å². The Kier molecular flexibility index (Phi) is 7.25. The Morgan fingerprint density at radius 3 is 1.72 bits per heavy atom. The summed E-state index contributed by atoms with van der Waals surface area (Å²) >= 11 is 0. The van der Waals surface area contributed by atoms with Crippen LogP contribution in [0.3, 0.4) is 0 Å². The van der Waals surface area contributed by atoms with Crippen LogP contribution in [0.15, 0.2) is 73.0 Å². The van der Waals surface area contributed by atoms with Gasteiger partial charge in [0.15, 0.2) is 8.32 Å². The van der Waals surface area contributed by atoms with Gasteiger partial charge in [-0.15, -0.1) is 0 Å². The van der Waals surface area contributed by atoms with Crippen molar-refractivity contribution in [2.45, 2.75) is 76.9 Å². The third-order valence-electron chi connectivity index (χ3n) is 7.01. The van der Waals surface area contributed by atoms with Crippen molar-refractivity contribution in [3.8, 4) is 0 Å². The third kappa shape index (κ3) is 4.96. The molecule has 0 aliphatic carbocycles. The number of hydrogen-bond donors (Lipinski definition) is 0. The molecule has 174 valence electrons. The lowest BCUT2D eigenvalue weighted by Gasteiger charge is -2.44. The summed E-state index contributed by atoms with van der Waals surface area (Å²) in [6.07, 6.45) is 3.64. The van der Waals surface area contributed by atoms with Crippen LogP contribution in [-0.2, 0) is 13.6 Å². The molecule has 0 fully saturated rings. The molecule has 2 atom stereocenters. The van der Waals surface area contributed by atoms with Gasteiger partial charge in [-0.2, -0.15) is 0 Å². The van der Waals surface area contributed by atoms with E-state index in [1.165, 1.54) is 10.4 Å². The minimum Gasteiger partial charge on any atom is -0.493 e. The first kappa shape index (κ1) is 25.0. The molecule has 3 rings (SSSR count). The van der Waals surface area contributed by atoms with Crippen LogP contribution in [0.2, 0.25) is 23.2 Å². The molecule has 0 bridgehead atoms. The van der Waals surface area contributed by atoms with Crippen LogP contribution in [0.4, 0.5) is 0 Å². The first-order chi connectivity index (χ1) is 14.9. The zero-order valence-corrected chi connectivity index (χ0v) is 23.0. The molecule has 2 aromatic rings. The van der Waals surface area contributed by atoms with E-state index in [-0.39, 0.29) is 22.3 Å². The normalized spacial score (nSPS) is 19.8. The molecule has 32 heavy (non-hydrogen) atoms. The number of hydrogen-bond acceptors (Lipinski definition) is 3. The van der Waals surface area contributed by atoms with Crippen LogP contribution in [-0.4, -0.2) is 35.4 Å². The summed E-state index contributed by atoms with van der Waals surface area (Å²) in [6, 6.07) is 21.5. The van der Waals surface area contributed by atoms with Crippen molar-refractivity contribution >= 4 is 27.0 Å². The van der Waals surface area contributed by atoms with Crippen LogP contribution < -0.4 is 10.4 Å². The fourth-order valence-electron chi connectivity index (χ4n) is 4.16. The molecule has 1 aliphatic heterocycles. The highest BCUT2D eigenvalue weighted by Crippen LogP contribution is 2.40. The van der Waals surface area contributed by atoms with Crippen molar-refractivity contribution < 1.29 is 13.6 Å². The molecular weight excluding hydrogens is 428 g/mol. The minimum absolute atomic E-state index is 0.0580. The smallest absolute Gasteiger partial charge is 0.261 e. The summed E-state index contributed by atoms with van der Waals surface area (Å²) in [5.74, 6) is 0. The Balaban J connectivity index is 1.93. The Bertz CT molecular complexity index is 856. The highest BCUT2D eigenvalue weighted by atomic mass is 28.4. The van der Waals surface area contributed by atoms with Gasteiger partial charge in [0.1, 0.15) is 12.2 Å². The highest BCUT2D eigenvalue weighted by molar-refractivity contribution is 6.99. The van der Waals surface area contributed by atoms with Crippen molar-refractivity contribution in [3.63, 3.8) is 0 Å². The molecule has 0 radical (unpaired) electrons. The van der Waals surface area contributed by atoms with Crippen LogP contribution in [0, 0.1) is 0 Å². The summed E-state index contributed by atoms with van der Waals surface area (Å²) in [4.78, 5) is 0. The molecule has 3 nitrogen and oxygen atoms in total. The van der Waals surface area contributed by atoms with Gasteiger partial charge >= 0.3 is 0 Å². The van der Waals surface area contributed by atoms with Crippen molar-refractivity contribution in [3.05, 3.63) is 73.0 Å². The number of rotatable bonds is 7. The van der Waals surface area contributed by atoms with Crippen molar-refractivity contribution in [1.82, 2.24) is 0 Å². The van der Waals surface area contributed by atoms with Gasteiger partial charge in [0.2, 0.25) is 0 Å². The van der Waals surface area contributed by atoms with Gasteiger partial charge in [0, 0.05) is 0 Å². The highest BCUT2D eigenvalue weighted by Gasteiger charge is 2.51. The molecule has 0 N–H and O–H groups in total. The lowest BCUT2D eigenvalue weighted by atomic mass is 10.2. The van der Waals surface area contributed by atoms with E-state index in [4.69, 9.17) is 13.6 Å². The summed E-state index contributed by atoms with van der Waals surface area (Å²) in [5.41, 5.74) is 0. The van der Waals surface area contributed by atoms with Gasteiger partial charge in [-0.25, -0.2) is 0 Å². The zero-order chi connectivity index (χ0) is 23.6. The largest absolute Gasteiger partial charge is 0.493 e. The molecule has 0 spiro atoms. The van der Waals surface area contributed by atoms with Crippen LogP contribution in [0.25, 0.3) is 0 Å². The van der Waals surface area contributed by atoms with E-state index < -0.39 is 16.6 Å². The molecule has 0 aromatic heterocycles. The summed E-state index contributed by atoms with van der Waals surface area (Å²) in [5, 5.41) is 2.66. The van der Waals surface area contributed by atoms with Gasteiger partial charge in [-0.1, -0.05) is 102 Å². The van der Waals surface area contributed by atoms with Crippen LogP contribution in [0.5, 0.6) is 0 Å². The molecule has 0 amide bonds. The Hall–Kier alpha value is -1.67. The fraction of sp³-hybridized carbons (Fsp3) is 0.481. The standard InChI is InChI=1S/C27H40O3Si2/c1-26(2,3)31(7,8)30-24-19-20-28-25(24)21-29-32(27(4,5)6,22-15-11-9-12-16-22)23-17-13-10-14-18-23/h9-20,24-25H,21H2,1-8H3/t24-,25+/m0/s1. The van der Waals surface area contributed by atoms with Gasteiger partial charge in [0.25, 0.3) is 8.32 Å². The van der Waals surface area contributed by atoms with E-state index in [9.17, 15) is 0 Å². The minimum atomic E-state index is -2.59. The van der Waals surface area contributed by atoms with Gasteiger partial charge in [0.05, 0.1) is 12.9 Å². The maximum atomic E-state index is 7.09. The molecule has 2 aromatic carbocycles. The lowest BCUT2D eigenvalue weighted by molar-refractivity contribution is 0.0314. The van der Waals surface area contributed by atoms with Gasteiger partial charge in [-0.05, 0) is 39.6 Å². The average molecular weight is 469 g/mol. The maximum Gasteiger partial charge on any atom is 0.261 e. The second-order valence-corrected chi connectivity index (χ2v) is 20.4. The predicted octanol–water partition coefficient (Wildman–Crippen LogP) is 5.87. The zero-order valence-electron chi connectivity index (χ0n) is 21.0. The summed E-state index contributed by atoms with van der Waals surface area (Å²) in [7, 11) is -4.52. The topological polar surface area (TPSA) is 27.7 Å². The van der Waals surface area contributed by atoms with Crippen molar-refractivity contribution in [2.24, 2.45) is 0 Å². The molecule has 1 heterocycles. The van der Waals surface area contributed by atoms with E-state index in [2.05, 4.69) is 121 Å². The van der Waals surface area contributed by atoms with E-state index in [0.29, 0.717) is 6.61 Å². The number of benzene rings is 2. The molecule has 1 aliphatic rings. The van der Waals surface area contributed by atoms with Gasteiger partial charge in [-0.3, -0.25) is 0 Å². The maximum absolute atomic E-state index is 7.09. The van der Waals surface area contributed by atoms with Crippen molar-refractivity contribution in [1.29, 1.82) is 0 Å². The monoisotopic (exact) mass is 468 g/mol. The molecule has 0 unspecified atom stereocenters. The van der Waals surface area contributed by atoms with Crippen LogP contribution >= 0.6 is 0 Å². The Morgan fingerprint density at radius 2 is 1.28 bits per heavy atom. The second kappa shape index (κ2) is 9.30. The summed E-state index contributed by atoms with van der Waals surface area (Å²) in [6.45, 7) is 18.8. The molecule has 0 saturated carbocycles. The molecular formula is C27H40O3Si2. The fourth-order valence-corrected chi connectivity index (χ4v) is 9.99. The lowest BCUT2D eigenvalue weighted by Crippen LogP contribution is -2.67. The quantitative estimate of drug-likeness (QED) is 0.476. The Morgan fingerprint density at radius 1 is 0.781 bits per heavy atom.